The predicted octanol–water partition coefficient (Wildman–Crippen LogP) is 5.92. The quantitative estimate of drug-likeness (QED) is 0.480. The zero-order valence-electron chi connectivity index (χ0n) is 17.6. The van der Waals surface area contributed by atoms with Crippen LogP contribution in [0.5, 0.6) is 0 Å². The molecule has 1 aliphatic rings. The van der Waals surface area contributed by atoms with Gasteiger partial charge in [0.1, 0.15) is 22.0 Å². The fourth-order valence-electron chi connectivity index (χ4n) is 3.90. The molecule has 0 bridgehead atoms. The van der Waals surface area contributed by atoms with Crippen LogP contribution in [0.4, 0.5) is 5.00 Å². The molecule has 4 rings (SSSR count). The van der Waals surface area contributed by atoms with Crippen molar-refractivity contribution in [2.75, 3.05) is 11.9 Å². The van der Waals surface area contributed by atoms with Crippen molar-refractivity contribution in [2.45, 2.75) is 40.0 Å². The van der Waals surface area contributed by atoms with Crippen molar-refractivity contribution in [3.05, 3.63) is 56.6 Å². The van der Waals surface area contributed by atoms with Crippen molar-refractivity contribution in [3.8, 4) is 11.3 Å². The van der Waals surface area contributed by atoms with Gasteiger partial charge in [-0.2, -0.15) is 0 Å². The lowest BCUT2D eigenvalue weighted by Gasteiger charge is -2.18. The Kier molecular flexibility index (Phi) is 6.16. The number of hydrogen-bond donors (Lipinski definition) is 1. The van der Waals surface area contributed by atoms with Crippen LogP contribution in [-0.2, 0) is 17.6 Å². The lowest BCUT2D eigenvalue weighted by Crippen LogP contribution is -2.17. The predicted molar refractivity (Wildman–Crippen MR) is 121 cm³/mol. The summed E-state index contributed by atoms with van der Waals surface area (Å²) in [6, 6.07) is 7.14. The van der Waals surface area contributed by atoms with Gasteiger partial charge in [-0.3, -0.25) is 4.79 Å². The van der Waals surface area contributed by atoms with Gasteiger partial charge in [0.25, 0.3) is 5.91 Å². The Morgan fingerprint density at radius 2 is 2.10 bits per heavy atom. The average Bonchev–Trinajstić information content (AvgIpc) is 3.28. The molecule has 2 heterocycles. The maximum absolute atomic E-state index is 13.3. The standard InChI is InChI=1S/C23H23ClN2O4S/c1-4-29-23(28)19-15-10-9-12(2)11-17(15)31-22(19)25-21(27)18-13(3)30-26-20(18)14-7-5-6-8-16(14)24/h5-8,12H,4,9-11H2,1-3H3,(H,25,27). The number of esters is 1. The molecule has 0 saturated carbocycles. The number of nitrogens with one attached hydrogen (secondary N) is 1. The highest BCUT2D eigenvalue weighted by molar-refractivity contribution is 7.17. The number of amides is 1. The van der Waals surface area contributed by atoms with Gasteiger partial charge in [0.15, 0.2) is 0 Å². The monoisotopic (exact) mass is 458 g/mol. The van der Waals surface area contributed by atoms with Gasteiger partial charge in [-0.05, 0) is 50.7 Å². The molecule has 0 saturated heterocycles. The van der Waals surface area contributed by atoms with E-state index < -0.39 is 11.9 Å². The first-order valence-electron chi connectivity index (χ1n) is 10.2. The number of halogens is 1. The number of aromatic nitrogens is 1. The summed E-state index contributed by atoms with van der Waals surface area (Å²) in [5.74, 6) is 0.112. The molecule has 6 nitrogen and oxygen atoms in total. The van der Waals surface area contributed by atoms with E-state index in [-0.39, 0.29) is 6.61 Å². The molecule has 1 N–H and O–H groups in total. The number of benzene rings is 1. The van der Waals surface area contributed by atoms with Crippen LogP contribution in [-0.4, -0.2) is 23.6 Å². The third-order valence-electron chi connectivity index (χ3n) is 5.44. The summed E-state index contributed by atoms with van der Waals surface area (Å²) >= 11 is 7.76. The molecule has 1 atom stereocenters. The highest BCUT2D eigenvalue weighted by atomic mass is 35.5. The molecule has 0 fully saturated rings. The van der Waals surface area contributed by atoms with Crippen molar-refractivity contribution in [2.24, 2.45) is 5.92 Å². The van der Waals surface area contributed by atoms with E-state index in [4.69, 9.17) is 20.9 Å². The molecule has 31 heavy (non-hydrogen) atoms. The Labute approximate surface area is 189 Å². The first-order valence-corrected chi connectivity index (χ1v) is 11.4. The molecule has 8 heteroatoms. The van der Waals surface area contributed by atoms with Crippen LogP contribution in [0.1, 0.15) is 57.2 Å². The Bertz CT molecular complexity index is 1150. The van der Waals surface area contributed by atoms with E-state index >= 15 is 0 Å². The van der Waals surface area contributed by atoms with Crippen molar-refractivity contribution in [3.63, 3.8) is 0 Å². The maximum Gasteiger partial charge on any atom is 0.341 e. The zero-order valence-corrected chi connectivity index (χ0v) is 19.2. The van der Waals surface area contributed by atoms with E-state index in [1.54, 1.807) is 32.0 Å². The Hall–Kier alpha value is -2.64. The van der Waals surface area contributed by atoms with Gasteiger partial charge in [-0.15, -0.1) is 11.3 Å². The van der Waals surface area contributed by atoms with Gasteiger partial charge < -0.3 is 14.6 Å². The molecule has 0 spiro atoms. The summed E-state index contributed by atoms with van der Waals surface area (Å²) in [5.41, 5.74) is 2.73. The van der Waals surface area contributed by atoms with E-state index in [2.05, 4.69) is 17.4 Å². The number of nitrogens with zero attached hydrogens (tertiary/aromatic N) is 1. The van der Waals surface area contributed by atoms with Crippen LogP contribution in [0.2, 0.25) is 5.02 Å². The second-order valence-corrected chi connectivity index (χ2v) is 9.19. The van der Waals surface area contributed by atoms with E-state index in [1.165, 1.54) is 11.3 Å². The second kappa shape index (κ2) is 8.85. The minimum absolute atomic E-state index is 0.272. The maximum atomic E-state index is 13.3. The minimum Gasteiger partial charge on any atom is -0.462 e. The van der Waals surface area contributed by atoms with Crippen LogP contribution in [0.3, 0.4) is 0 Å². The third kappa shape index (κ3) is 4.12. The van der Waals surface area contributed by atoms with E-state index in [0.29, 0.717) is 44.1 Å². The topological polar surface area (TPSA) is 81.4 Å². The third-order valence-corrected chi connectivity index (χ3v) is 6.94. The van der Waals surface area contributed by atoms with Gasteiger partial charge >= 0.3 is 5.97 Å². The van der Waals surface area contributed by atoms with E-state index in [1.807, 2.05) is 6.07 Å². The number of thiophene rings is 1. The molecule has 1 amide bonds. The van der Waals surface area contributed by atoms with Crippen LogP contribution in [0.15, 0.2) is 28.8 Å². The molecule has 1 unspecified atom stereocenters. The number of fused-ring (bicyclic) bond motifs is 1. The number of rotatable bonds is 5. The fourth-order valence-corrected chi connectivity index (χ4v) is 5.52. The van der Waals surface area contributed by atoms with Crippen molar-refractivity contribution < 1.29 is 18.8 Å². The van der Waals surface area contributed by atoms with Gasteiger partial charge in [0, 0.05) is 10.4 Å². The second-order valence-electron chi connectivity index (χ2n) is 7.67. The number of aryl methyl sites for hydroxylation is 1. The van der Waals surface area contributed by atoms with Crippen molar-refractivity contribution >= 4 is 39.8 Å². The number of carbonyl (C=O) groups is 2. The van der Waals surface area contributed by atoms with E-state index in [0.717, 1.165) is 29.7 Å². The first kappa shape index (κ1) is 21.6. The molecule has 1 aromatic carbocycles. The van der Waals surface area contributed by atoms with Crippen molar-refractivity contribution in [1.29, 1.82) is 0 Å². The van der Waals surface area contributed by atoms with Gasteiger partial charge in [0.05, 0.1) is 17.2 Å². The largest absolute Gasteiger partial charge is 0.462 e. The molecular weight excluding hydrogens is 436 g/mol. The first-order chi connectivity index (χ1) is 14.9. The summed E-state index contributed by atoms with van der Waals surface area (Å²) < 4.78 is 10.6. The molecule has 0 radical (unpaired) electrons. The van der Waals surface area contributed by atoms with Gasteiger partial charge in [0.2, 0.25) is 0 Å². The molecule has 2 aromatic heterocycles. The zero-order chi connectivity index (χ0) is 22.1. The highest BCUT2D eigenvalue weighted by Crippen LogP contribution is 2.41. The lowest BCUT2D eigenvalue weighted by molar-refractivity contribution is 0.0526. The molecule has 3 aromatic rings. The molecule has 0 aliphatic heterocycles. The van der Waals surface area contributed by atoms with Gasteiger partial charge in [-0.25, -0.2) is 4.79 Å². The van der Waals surface area contributed by atoms with Crippen molar-refractivity contribution in [1.82, 2.24) is 5.16 Å². The normalized spacial score (nSPS) is 15.4. The minimum atomic E-state index is -0.404. The summed E-state index contributed by atoms with van der Waals surface area (Å²) in [6.45, 7) is 5.92. The number of anilines is 1. The van der Waals surface area contributed by atoms with E-state index in [9.17, 15) is 9.59 Å². The highest BCUT2D eigenvalue weighted by Gasteiger charge is 2.31. The summed E-state index contributed by atoms with van der Waals surface area (Å²) in [6.07, 6.45) is 2.69. The molecule has 1 aliphatic carbocycles. The Balaban J connectivity index is 1.73. The summed E-state index contributed by atoms with van der Waals surface area (Å²) in [5, 5.41) is 7.97. The number of carbonyl (C=O) groups excluding carboxylic acids is 2. The SMILES string of the molecule is CCOC(=O)c1c(NC(=O)c2c(-c3ccccc3Cl)noc2C)sc2c1CCC(C)C2. The number of ether oxygens (including phenoxy) is 1. The molecular formula is C23H23ClN2O4S. The summed E-state index contributed by atoms with van der Waals surface area (Å²) in [7, 11) is 0. The van der Waals surface area contributed by atoms with Crippen LogP contribution in [0, 0.1) is 12.8 Å². The average molecular weight is 459 g/mol. The van der Waals surface area contributed by atoms with Gasteiger partial charge in [-0.1, -0.05) is 41.9 Å². The van der Waals surface area contributed by atoms with Crippen LogP contribution in [0.25, 0.3) is 11.3 Å². The molecule has 162 valence electrons. The Morgan fingerprint density at radius 1 is 1.32 bits per heavy atom. The smallest absolute Gasteiger partial charge is 0.341 e. The van der Waals surface area contributed by atoms with Crippen LogP contribution >= 0.6 is 22.9 Å². The number of hydrogen-bond acceptors (Lipinski definition) is 6. The lowest BCUT2D eigenvalue weighted by atomic mass is 9.88. The van der Waals surface area contributed by atoms with Crippen LogP contribution < -0.4 is 5.32 Å². The fraction of sp³-hybridized carbons (Fsp3) is 0.348. The summed E-state index contributed by atoms with van der Waals surface area (Å²) in [4.78, 5) is 27.2. The Morgan fingerprint density at radius 3 is 2.84 bits per heavy atom.